The van der Waals surface area contributed by atoms with E-state index in [0.717, 1.165) is 11.3 Å². The van der Waals surface area contributed by atoms with E-state index in [9.17, 15) is 14.9 Å². The molecule has 0 bridgehead atoms. The number of hydrogen-bond donors (Lipinski definition) is 0. The molecule has 0 saturated carbocycles. The molecule has 26 heavy (non-hydrogen) atoms. The number of fused-ring (bicyclic) bond motifs is 1. The first-order valence-electron chi connectivity index (χ1n) is 8.19. The zero-order valence-corrected chi connectivity index (χ0v) is 15.5. The summed E-state index contributed by atoms with van der Waals surface area (Å²) in [5.74, 6) is -1.28. The van der Waals surface area contributed by atoms with Gasteiger partial charge in [-0.1, -0.05) is 38.6 Å². The maximum Gasteiger partial charge on any atom is 0.350 e. The Kier molecular flexibility index (Phi) is 5.51. The topological polar surface area (TPSA) is 79.6 Å². The number of benzene rings is 1. The van der Waals surface area contributed by atoms with E-state index in [1.165, 1.54) is 6.92 Å². The highest BCUT2D eigenvalue weighted by Gasteiger charge is 2.42. The molecule has 0 radical (unpaired) electrons. The Morgan fingerprint density at radius 3 is 2.31 bits per heavy atom. The van der Waals surface area contributed by atoms with E-state index >= 15 is 0 Å². The van der Waals surface area contributed by atoms with Crippen LogP contribution in [0, 0.1) is 11.3 Å². The third-order valence-electron chi connectivity index (χ3n) is 4.32. The van der Waals surface area contributed by atoms with Gasteiger partial charge < -0.3 is 14.4 Å². The van der Waals surface area contributed by atoms with Crippen molar-refractivity contribution in [3.63, 3.8) is 0 Å². The zero-order chi connectivity index (χ0) is 19.5. The summed E-state index contributed by atoms with van der Waals surface area (Å²) in [5, 5.41) is 9.57. The first-order chi connectivity index (χ1) is 12.2. The molecule has 1 aliphatic heterocycles. The molecule has 1 aromatic carbocycles. The van der Waals surface area contributed by atoms with Crippen molar-refractivity contribution in [2.75, 3.05) is 25.2 Å². The van der Waals surface area contributed by atoms with Crippen molar-refractivity contribution in [2.24, 2.45) is 0 Å². The van der Waals surface area contributed by atoms with Gasteiger partial charge in [-0.05, 0) is 18.6 Å². The number of carbonyl (C=O) groups excluding carboxylic acids is 2. The molecule has 0 aromatic heterocycles. The molecule has 6 nitrogen and oxygen atoms in total. The lowest BCUT2D eigenvalue weighted by Gasteiger charge is -2.25. The molecule has 0 unspecified atom stereocenters. The van der Waals surface area contributed by atoms with Gasteiger partial charge in [0, 0.05) is 23.7 Å². The van der Waals surface area contributed by atoms with E-state index in [1.807, 2.05) is 56.1 Å². The van der Waals surface area contributed by atoms with Crippen LogP contribution in [0.25, 0.3) is 0 Å². The van der Waals surface area contributed by atoms with Crippen molar-refractivity contribution >= 4 is 17.6 Å². The first kappa shape index (κ1) is 19.3. The summed E-state index contributed by atoms with van der Waals surface area (Å²) in [6.45, 7) is 8.70. The minimum absolute atomic E-state index is 0.0556. The number of allylic oxidation sites excluding steroid dienone is 1. The molecule has 0 N–H and O–H groups in total. The Hall–Kier alpha value is -3.07. The van der Waals surface area contributed by atoms with Crippen LogP contribution < -0.4 is 4.90 Å². The Bertz CT molecular complexity index is 830. The van der Waals surface area contributed by atoms with E-state index < -0.39 is 17.4 Å². The number of hydrogen-bond acceptors (Lipinski definition) is 6. The second-order valence-corrected chi connectivity index (χ2v) is 6.59. The standard InChI is InChI=1S/C20H22N2O4/c1-13(2)18(23)25-10-11-26-19(24)14(12-21)17-20(3,4)15-8-6-7-9-16(15)22(17)5/h6-9H,1,10-11H2,2-5H3. The largest absolute Gasteiger partial charge is 0.459 e. The van der Waals surface area contributed by atoms with Crippen LogP contribution >= 0.6 is 0 Å². The van der Waals surface area contributed by atoms with Crippen molar-refractivity contribution in [1.82, 2.24) is 0 Å². The van der Waals surface area contributed by atoms with Crippen LogP contribution in [-0.4, -0.2) is 32.2 Å². The van der Waals surface area contributed by atoms with E-state index in [-0.39, 0.29) is 24.4 Å². The third-order valence-corrected chi connectivity index (χ3v) is 4.32. The van der Waals surface area contributed by atoms with E-state index in [4.69, 9.17) is 9.47 Å². The van der Waals surface area contributed by atoms with Gasteiger partial charge in [0.2, 0.25) is 0 Å². The Balaban J connectivity index is 2.19. The lowest BCUT2D eigenvalue weighted by atomic mass is 9.82. The summed E-state index contributed by atoms with van der Waals surface area (Å²) in [4.78, 5) is 25.6. The van der Waals surface area contributed by atoms with Crippen LogP contribution in [0.4, 0.5) is 5.69 Å². The van der Waals surface area contributed by atoms with E-state index in [1.54, 1.807) is 0 Å². The van der Waals surface area contributed by atoms with Crippen molar-refractivity contribution in [3.05, 3.63) is 53.3 Å². The Labute approximate surface area is 153 Å². The normalized spacial score (nSPS) is 16.3. The highest BCUT2D eigenvalue weighted by molar-refractivity contribution is 5.96. The summed E-state index contributed by atoms with van der Waals surface area (Å²) in [6, 6.07) is 9.74. The highest BCUT2D eigenvalue weighted by Crippen LogP contribution is 2.47. The number of likely N-dealkylation sites (N-methyl/N-ethyl adjacent to an activating group) is 1. The second-order valence-electron chi connectivity index (χ2n) is 6.59. The summed E-state index contributed by atoms with van der Waals surface area (Å²) < 4.78 is 10.0. The summed E-state index contributed by atoms with van der Waals surface area (Å²) in [5.41, 5.74) is 2.27. The molecule has 1 aliphatic rings. The van der Waals surface area contributed by atoms with Gasteiger partial charge in [-0.2, -0.15) is 5.26 Å². The molecule has 0 amide bonds. The molecule has 0 aliphatic carbocycles. The maximum atomic E-state index is 12.4. The van der Waals surface area contributed by atoms with Crippen LogP contribution in [0.15, 0.2) is 47.7 Å². The lowest BCUT2D eigenvalue weighted by Crippen LogP contribution is -2.28. The molecule has 0 atom stereocenters. The summed E-state index contributed by atoms with van der Waals surface area (Å²) >= 11 is 0. The second kappa shape index (κ2) is 7.44. The van der Waals surface area contributed by atoms with Gasteiger partial charge in [0.05, 0.1) is 5.70 Å². The summed E-state index contributed by atoms with van der Waals surface area (Å²) in [6.07, 6.45) is 0. The van der Waals surface area contributed by atoms with Crippen molar-refractivity contribution in [3.8, 4) is 6.07 Å². The fraction of sp³-hybridized carbons (Fsp3) is 0.350. The minimum atomic E-state index is -0.735. The number of esters is 2. The summed E-state index contributed by atoms with van der Waals surface area (Å²) in [7, 11) is 1.82. The zero-order valence-electron chi connectivity index (χ0n) is 15.5. The predicted octanol–water partition coefficient (Wildman–Crippen LogP) is 2.85. The number of para-hydroxylation sites is 1. The first-order valence-corrected chi connectivity index (χ1v) is 8.19. The third kappa shape index (κ3) is 3.47. The number of rotatable bonds is 5. The van der Waals surface area contributed by atoms with Crippen molar-refractivity contribution < 1.29 is 19.1 Å². The predicted molar refractivity (Wildman–Crippen MR) is 97.2 cm³/mol. The van der Waals surface area contributed by atoms with Crippen LogP contribution in [0.5, 0.6) is 0 Å². The quantitative estimate of drug-likeness (QED) is 0.350. The van der Waals surface area contributed by atoms with Gasteiger partial charge in [0.15, 0.2) is 5.57 Å². The molecular formula is C20H22N2O4. The molecule has 1 heterocycles. The Morgan fingerprint density at radius 1 is 1.19 bits per heavy atom. The van der Waals surface area contributed by atoms with E-state index in [0.29, 0.717) is 5.70 Å². The molecule has 1 aromatic rings. The van der Waals surface area contributed by atoms with Crippen LogP contribution in [0.3, 0.4) is 0 Å². The average molecular weight is 354 g/mol. The van der Waals surface area contributed by atoms with Gasteiger partial charge in [-0.25, -0.2) is 9.59 Å². The van der Waals surface area contributed by atoms with Gasteiger partial charge in [-0.15, -0.1) is 0 Å². The SMILES string of the molecule is C=C(C)C(=O)OCCOC(=O)C(C#N)=C1N(C)c2ccccc2C1(C)C. The number of nitriles is 1. The van der Waals surface area contributed by atoms with Crippen LogP contribution in [-0.2, 0) is 24.5 Å². The van der Waals surface area contributed by atoms with Crippen LogP contribution in [0.2, 0.25) is 0 Å². The van der Waals surface area contributed by atoms with Crippen LogP contribution in [0.1, 0.15) is 26.3 Å². The highest BCUT2D eigenvalue weighted by atomic mass is 16.6. The van der Waals surface area contributed by atoms with Crippen molar-refractivity contribution in [1.29, 1.82) is 5.26 Å². The number of carbonyl (C=O) groups is 2. The minimum Gasteiger partial charge on any atom is -0.459 e. The van der Waals surface area contributed by atoms with Crippen molar-refractivity contribution in [2.45, 2.75) is 26.2 Å². The molecule has 0 saturated heterocycles. The van der Waals surface area contributed by atoms with Gasteiger partial charge >= 0.3 is 11.9 Å². The lowest BCUT2D eigenvalue weighted by molar-refractivity contribution is -0.147. The molecular weight excluding hydrogens is 332 g/mol. The monoisotopic (exact) mass is 354 g/mol. The van der Waals surface area contributed by atoms with Gasteiger partial charge in [0.1, 0.15) is 19.3 Å². The van der Waals surface area contributed by atoms with Gasteiger partial charge in [-0.3, -0.25) is 0 Å². The number of ether oxygens (including phenoxy) is 2. The molecule has 136 valence electrons. The number of nitrogens with zero attached hydrogens (tertiary/aromatic N) is 2. The fourth-order valence-electron chi connectivity index (χ4n) is 3.10. The van der Waals surface area contributed by atoms with Gasteiger partial charge in [0.25, 0.3) is 0 Å². The fourth-order valence-corrected chi connectivity index (χ4v) is 3.10. The molecule has 0 spiro atoms. The smallest absolute Gasteiger partial charge is 0.350 e. The average Bonchev–Trinajstić information content (AvgIpc) is 2.80. The maximum absolute atomic E-state index is 12.4. The van der Waals surface area contributed by atoms with E-state index in [2.05, 4.69) is 6.58 Å². The molecule has 0 fully saturated rings. The molecule has 2 rings (SSSR count). The molecule has 6 heteroatoms. The Morgan fingerprint density at radius 2 is 1.77 bits per heavy atom. The number of anilines is 1.